The van der Waals surface area contributed by atoms with Crippen LogP contribution in [0, 0.1) is 6.92 Å². The summed E-state index contributed by atoms with van der Waals surface area (Å²) in [4.78, 5) is 6.62. The van der Waals surface area contributed by atoms with Crippen LogP contribution in [0.15, 0.2) is 53.6 Å². The van der Waals surface area contributed by atoms with Gasteiger partial charge in [-0.1, -0.05) is 23.7 Å². The van der Waals surface area contributed by atoms with Crippen LogP contribution in [0.4, 0.5) is 0 Å². The molecule has 5 nitrogen and oxygen atoms in total. The van der Waals surface area contributed by atoms with E-state index in [0.717, 1.165) is 36.7 Å². The smallest absolute Gasteiger partial charge is 0.133 e. The van der Waals surface area contributed by atoms with Gasteiger partial charge in [-0.05, 0) is 44.0 Å². The highest BCUT2D eigenvalue weighted by atomic mass is 16.5. The molecule has 0 bridgehead atoms. The zero-order valence-electron chi connectivity index (χ0n) is 13.9. The van der Waals surface area contributed by atoms with Crippen LogP contribution in [-0.2, 0) is 6.54 Å². The average molecular weight is 322 g/mol. The Balaban J connectivity index is 1.50. The molecule has 1 aliphatic rings. The Bertz CT molecular complexity index is 776. The van der Waals surface area contributed by atoms with Crippen molar-refractivity contribution in [1.82, 2.24) is 19.6 Å². The minimum Gasteiger partial charge on any atom is -0.361 e. The van der Waals surface area contributed by atoms with Gasteiger partial charge in [0.2, 0.25) is 0 Å². The predicted octanol–water partition coefficient (Wildman–Crippen LogP) is 3.90. The van der Waals surface area contributed by atoms with Gasteiger partial charge in [0.1, 0.15) is 11.5 Å². The largest absolute Gasteiger partial charge is 0.361 e. The molecule has 0 amide bonds. The van der Waals surface area contributed by atoms with Crippen molar-refractivity contribution >= 4 is 0 Å². The summed E-state index contributed by atoms with van der Waals surface area (Å²) in [6.45, 7) is 4.01. The molecule has 4 rings (SSSR count). The van der Waals surface area contributed by atoms with Crippen LogP contribution in [-0.4, -0.2) is 26.2 Å². The van der Waals surface area contributed by atoms with Gasteiger partial charge >= 0.3 is 0 Å². The number of likely N-dealkylation sites (tertiary alicyclic amines) is 1. The number of nitrogens with zero attached hydrogens (tertiary/aromatic N) is 4. The Morgan fingerprint density at radius 2 is 2.08 bits per heavy atom. The Kier molecular flexibility index (Phi) is 4.17. The molecule has 0 unspecified atom stereocenters. The Hall–Kier alpha value is -2.40. The number of hydrogen-bond donors (Lipinski definition) is 0. The molecule has 0 spiro atoms. The fourth-order valence-corrected chi connectivity index (χ4v) is 3.48. The van der Waals surface area contributed by atoms with Crippen molar-refractivity contribution in [3.05, 3.63) is 66.1 Å². The van der Waals surface area contributed by atoms with Crippen LogP contribution >= 0.6 is 0 Å². The first-order chi connectivity index (χ1) is 11.8. The molecule has 0 aliphatic carbocycles. The highest BCUT2D eigenvalue weighted by Gasteiger charge is 2.26. The van der Waals surface area contributed by atoms with E-state index >= 15 is 0 Å². The van der Waals surface area contributed by atoms with Crippen molar-refractivity contribution in [1.29, 1.82) is 0 Å². The topological polar surface area (TPSA) is 47.1 Å². The molecule has 24 heavy (non-hydrogen) atoms. The number of aromatic nitrogens is 3. The van der Waals surface area contributed by atoms with Crippen molar-refractivity contribution in [3.63, 3.8) is 0 Å². The number of rotatable bonds is 4. The van der Waals surface area contributed by atoms with Gasteiger partial charge in [-0.15, -0.1) is 0 Å². The zero-order valence-corrected chi connectivity index (χ0v) is 13.9. The second-order valence-corrected chi connectivity index (χ2v) is 6.48. The molecule has 0 saturated carbocycles. The lowest BCUT2D eigenvalue weighted by atomic mass is 9.98. The van der Waals surface area contributed by atoms with E-state index < -0.39 is 0 Å². The highest BCUT2D eigenvalue weighted by molar-refractivity contribution is 5.34. The lowest BCUT2D eigenvalue weighted by Crippen LogP contribution is -2.33. The molecule has 124 valence electrons. The zero-order chi connectivity index (χ0) is 16.4. The fourth-order valence-electron chi connectivity index (χ4n) is 3.48. The maximum atomic E-state index is 5.29. The van der Waals surface area contributed by atoms with Crippen LogP contribution < -0.4 is 0 Å². The molecule has 1 aliphatic heterocycles. The quantitative estimate of drug-likeness (QED) is 0.731. The summed E-state index contributed by atoms with van der Waals surface area (Å²) in [7, 11) is 0. The third kappa shape index (κ3) is 3.12. The van der Waals surface area contributed by atoms with Crippen LogP contribution in [0.2, 0.25) is 0 Å². The lowest BCUT2D eigenvalue weighted by molar-refractivity contribution is 0.134. The first kappa shape index (κ1) is 15.1. The molecular formula is C19H22N4O. The molecule has 1 fully saturated rings. The second kappa shape index (κ2) is 6.61. The maximum absolute atomic E-state index is 5.29. The van der Waals surface area contributed by atoms with Gasteiger partial charge in [-0.2, -0.15) is 0 Å². The fraction of sp³-hybridized carbons (Fsp3) is 0.368. The molecule has 0 radical (unpaired) electrons. The van der Waals surface area contributed by atoms with Gasteiger partial charge in [-0.25, -0.2) is 4.98 Å². The summed E-state index contributed by atoms with van der Waals surface area (Å²) >= 11 is 0. The SMILES string of the molecule is Cc1cc([C@@H]2CCCCN2Cc2ccc(-n3ccnc3)cc2)no1. The molecule has 2 aromatic heterocycles. The summed E-state index contributed by atoms with van der Waals surface area (Å²) in [6.07, 6.45) is 9.24. The number of piperidine rings is 1. The van der Waals surface area contributed by atoms with Crippen molar-refractivity contribution in [2.24, 2.45) is 0 Å². The van der Waals surface area contributed by atoms with E-state index in [1.54, 1.807) is 6.20 Å². The van der Waals surface area contributed by atoms with Gasteiger partial charge in [0, 0.05) is 30.7 Å². The van der Waals surface area contributed by atoms with Gasteiger partial charge in [0.25, 0.3) is 0 Å². The van der Waals surface area contributed by atoms with Crippen molar-refractivity contribution in [2.45, 2.75) is 38.8 Å². The Morgan fingerprint density at radius 1 is 1.21 bits per heavy atom. The van der Waals surface area contributed by atoms with Crippen molar-refractivity contribution in [2.75, 3.05) is 6.54 Å². The van der Waals surface area contributed by atoms with Gasteiger partial charge in [0.15, 0.2) is 0 Å². The van der Waals surface area contributed by atoms with Crippen LogP contribution in [0.5, 0.6) is 0 Å². The van der Waals surface area contributed by atoms with Gasteiger partial charge < -0.3 is 9.09 Å². The van der Waals surface area contributed by atoms with E-state index in [0.29, 0.717) is 6.04 Å². The summed E-state index contributed by atoms with van der Waals surface area (Å²) < 4.78 is 7.31. The highest BCUT2D eigenvalue weighted by Crippen LogP contribution is 2.31. The van der Waals surface area contributed by atoms with Crippen LogP contribution in [0.3, 0.4) is 0 Å². The summed E-state index contributed by atoms with van der Waals surface area (Å²) in [5.41, 5.74) is 3.53. The molecule has 1 atom stereocenters. The van der Waals surface area contributed by atoms with Gasteiger partial charge in [0.05, 0.1) is 12.4 Å². The molecule has 0 N–H and O–H groups in total. The molecule has 3 heterocycles. The van der Waals surface area contributed by atoms with E-state index in [1.165, 1.54) is 18.4 Å². The minimum atomic E-state index is 0.365. The number of benzene rings is 1. The normalized spacial score (nSPS) is 18.8. The molecule has 1 saturated heterocycles. The van der Waals surface area contributed by atoms with E-state index in [2.05, 4.69) is 45.4 Å². The summed E-state index contributed by atoms with van der Waals surface area (Å²) in [5.74, 6) is 0.889. The Labute approximate surface area is 141 Å². The second-order valence-electron chi connectivity index (χ2n) is 6.48. The van der Waals surface area contributed by atoms with E-state index in [1.807, 2.05) is 24.0 Å². The van der Waals surface area contributed by atoms with Gasteiger partial charge in [-0.3, -0.25) is 4.90 Å². The number of hydrogen-bond acceptors (Lipinski definition) is 4. The molecule has 3 aromatic rings. The van der Waals surface area contributed by atoms with E-state index in [4.69, 9.17) is 4.52 Å². The number of aryl methyl sites for hydroxylation is 1. The van der Waals surface area contributed by atoms with Crippen molar-refractivity contribution < 1.29 is 4.52 Å². The third-order valence-corrected chi connectivity index (χ3v) is 4.73. The maximum Gasteiger partial charge on any atom is 0.133 e. The minimum absolute atomic E-state index is 0.365. The Morgan fingerprint density at radius 3 is 2.79 bits per heavy atom. The van der Waals surface area contributed by atoms with Crippen LogP contribution in [0.1, 0.15) is 42.3 Å². The molecular weight excluding hydrogens is 300 g/mol. The average Bonchev–Trinajstić information content (AvgIpc) is 3.28. The summed E-state index contributed by atoms with van der Waals surface area (Å²) in [5, 5.41) is 4.25. The summed E-state index contributed by atoms with van der Waals surface area (Å²) in [6, 6.07) is 11.1. The van der Waals surface area contributed by atoms with Crippen molar-refractivity contribution in [3.8, 4) is 5.69 Å². The molecule has 1 aromatic carbocycles. The number of imidazole rings is 1. The van der Waals surface area contributed by atoms with E-state index in [-0.39, 0.29) is 0 Å². The monoisotopic (exact) mass is 322 g/mol. The third-order valence-electron chi connectivity index (χ3n) is 4.73. The predicted molar refractivity (Wildman–Crippen MR) is 91.8 cm³/mol. The molecule has 5 heteroatoms. The first-order valence-electron chi connectivity index (χ1n) is 8.54. The van der Waals surface area contributed by atoms with E-state index in [9.17, 15) is 0 Å². The first-order valence-corrected chi connectivity index (χ1v) is 8.54. The van der Waals surface area contributed by atoms with Crippen LogP contribution in [0.25, 0.3) is 5.69 Å². The lowest BCUT2D eigenvalue weighted by Gasteiger charge is -2.34. The standard InChI is InChI=1S/C19H22N4O/c1-15-12-18(21-24-15)19-4-2-3-10-22(19)13-16-5-7-17(8-6-16)23-11-9-20-14-23/h5-9,11-12,14,19H,2-4,10,13H2,1H3/t19-/m0/s1.